The van der Waals surface area contributed by atoms with Gasteiger partial charge in [0.05, 0.1) is 0 Å². The quantitative estimate of drug-likeness (QED) is 0.680. The summed E-state index contributed by atoms with van der Waals surface area (Å²) in [6, 6.07) is 5.48. The van der Waals surface area contributed by atoms with Crippen molar-refractivity contribution >= 4 is 23.4 Å². The van der Waals surface area contributed by atoms with Crippen LogP contribution in [-0.4, -0.2) is 24.3 Å². The Morgan fingerprint density at radius 2 is 1.61 bits per heavy atom. The van der Waals surface area contributed by atoms with Crippen LogP contribution in [0.1, 0.15) is 0 Å². The molecule has 1 N–H and O–H groups in total. The molecule has 0 radical (unpaired) electrons. The number of anilines is 1. The summed E-state index contributed by atoms with van der Waals surface area (Å²) >= 11 is 1.37. The highest BCUT2D eigenvalue weighted by molar-refractivity contribution is 7.98. The minimum atomic E-state index is -5.91. The molecule has 0 bridgehead atoms. The van der Waals surface area contributed by atoms with Gasteiger partial charge in [0.2, 0.25) is 0 Å². The number of halogens is 5. The van der Waals surface area contributed by atoms with E-state index < -0.39 is 18.0 Å². The lowest BCUT2D eigenvalue weighted by Crippen LogP contribution is -2.47. The minimum absolute atomic E-state index is 0.123. The Labute approximate surface area is 104 Å². The first-order valence-corrected chi connectivity index (χ1v) is 5.81. The van der Waals surface area contributed by atoms with Crippen molar-refractivity contribution in [3.8, 4) is 0 Å². The highest BCUT2D eigenvalue weighted by Gasteiger charge is 2.63. The summed E-state index contributed by atoms with van der Waals surface area (Å²) in [6.07, 6.45) is -4.14. The molecule has 0 aromatic heterocycles. The summed E-state index contributed by atoms with van der Waals surface area (Å²) in [7, 11) is 0. The maximum Gasteiger partial charge on any atom is 0.463 e. The van der Waals surface area contributed by atoms with Gasteiger partial charge >= 0.3 is 18.0 Å². The molecule has 0 unspecified atom stereocenters. The van der Waals surface area contributed by atoms with Gasteiger partial charge in [-0.25, -0.2) is 0 Å². The van der Waals surface area contributed by atoms with Crippen LogP contribution in [0.3, 0.4) is 0 Å². The lowest BCUT2D eigenvalue weighted by Gasteiger charge is -2.18. The van der Waals surface area contributed by atoms with Crippen LogP contribution in [-0.2, 0) is 4.79 Å². The fourth-order valence-electron chi connectivity index (χ4n) is 1.01. The van der Waals surface area contributed by atoms with Crippen LogP contribution in [0.15, 0.2) is 29.2 Å². The van der Waals surface area contributed by atoms with Crippen LogP contribution >= 0.6 is 11.8 Å². The van der Waals surface area contributed by atoms with Crippen LogP contribution < -0.4 is 5.32 Å². The first-order chi connectivity index (χ1) is 8.18. The monoisotopic (exact) mass is 285 g/mol. The number of alkyl halides is 5. The van der Waals surface area contributed by atoms with E-state index in [4.69, 9.17) is 0 Å². The van der Waals surface area contributed by atoms with Crippen molar-refractivity contribution in [2.24, 2.45) is 0 Å². The molecule has 0 saturated heterocycles. The normalized spacial score (nSPS) is 12.3. The van der Waals surface area contributed by atoms with Gasteiger partial charge in [-0.15, -0.1) is 11.8 Å². The lowest BCUT2D eigenvalue weighted by atomic mass is 10.2. The van der Waals surface area contributed by atoms with Gasteiger partial charge in [-0.3, -0.25) is 4.79 Å². The van der Waals surface area contributed by atoms with E-state index in [9.17, 15) is 26.7 Å². The highest BCUT2D eigenvalue weighted by Crippen LogP contribution is 2.36. The number of rotatable bonds is 3. The molecule has 1 aromatic rings. The molecule has 2 nitrogen and oxygen atoms in total. The third-order valence-electron chi connectivity index (χ3n) is 1.99. The topological polar surface area (TPSA) is 29.1 Å². The fraction of sp³-hybridized carbons (Fsp3) is 0.300. The van der Waals surface area contributed by atoms with Crippen molar-refractivity contribution in [2.45, 2.75) is 17.0 Å². The van der Waals surface area contributed by atoms with Crippen LogP contribution in [0.25, 0.3) is 0 Å². The maximum atomic E-state index is 12.6. The second kappa shape index (κ2) is 5.13. The minimum Gasteiger partial charge on any atom is -0.321 e. The fourth-order valence-corrected chi connectivity index (χ4v) is 1.42. The molecule has 0 aliphatic rings. The number of hydrogen-bond acceptors (Lipinski definition) is 2. The molecule has 0 saturated carbocycles. The van der Waals surface area contributed by atoms with Gasteiger partial charge in [-0.1, -0.05) is 0 Å². The predicted molar refractivity (Wildman–Crippen MR) is 57.9 cm³/mol. The molecule has 0 aliphatic heterocycles. The molecule has 8 heteroatoms. The second-order valence-electron chi connectivity index (χ2n) is 3.25. The van der Waals surface area contributed by atoms with Gasteiger partial charge in [0.15, 0.2) is 0 Å². The molecule has 0 spiro atoms. The molecule has 0 heterocycles. The van der Waals surface area contributed by atoms with Crippen molar-refractivity contribution in [1.29, 1.82) is 0 Å². The Kier molecular flexibility index (Phi) is 4.20. The number of hydrogen-bond donors (Lipinski definition) is 1. The first-order valence-electron chi connectivity index (χ1n) is 4.58. The van der Waals surface area contributed by atoms with Gasteiger partial charge in [0.1, 0.15) is 0 Å². The Balaban J connectivity index is 2.81. The number of benzene rings is 1. The van der Waals surface area contributed by atoms with Gasteiger partial charge in [0.25, 0.3) is 0 Å². The molecule has 1 aromatic carbocycles. The highest BCUT2D eigenvalue weighted by atomic mass is 32.2. The van der Waals surface area contributed by atoms with E-state index in [1.165, 1.54) is 41.3 Å². The molecular weight excluding hydrogens is 277 g/mol. The Morgan fingerprint density at radius 3 is 2.00 bits per heavy atom. The van der Waals surface area contributed by atoms with Gasteiger partial charge in [-0.2, -0.15) is 22.0 Å². The van der Waals surface area contributed by atoms with Crippen molar-refractivity contribution in [3.63, 3.8) is 0 Å². The van der Waals surface area contributed by atoms with Crippen LogP contribution in [0.5, 0.6) is 0 Å². The van der Waals surface area contributed by atoms with E-state index in [-0.39, 0.29) is 5.69 Å². The first kappa shape index (κ1) is 14.7. The maximum absolute atomic E-state index is 12.6. The number of carbonyl (C=O) groups excluding carboxylic acids is 1. The number of thioether (sulfide) groups is 1. The Bertz CT molecular complexity index is 429. The van der Waals surface area contributed by atoms with Crippen molar-refractivity contribution in [3.05, 3.63) is 24.3 Å². The summed E-state index contributed by atoms with van der Waals surface area (Å²) in [5, 5.41) is 1.52. The third-order valence-corrected chi connectivity index (χ3v) is 2.73. The summed E-state index contributed by atoms with van der Waals surface area (Å²) in [4.78, 5) is 11.6. The lowest BCUT2D eigenvalue weighted by molar-refractivity contribution is -0.267. The van der Waals surface area contributed by atoms with Gasteiger partial charge < -0.3 is 5.32 Å². The Morgan fingerprint density at radius 1 is 1.11 bits per heavy atom. The van der Waals surface area contributed by atoms with E-state index in [0.29, 0.717) is 0 Å². The second-order valence-corrected chi connectivity index (χ2v) is 4.13. The predicted octanol–water partition coefficient (Wildman–Crippen LogP) is 3.54. The summed E-state index contributed by atoms with van der Waals surface area (Å²) in [5.74, 6) is -7.81. The average Bonchev–Trinajstić information content (AvgIpc) is 2.28. The van der Waals surface area contributed by atoms with Crippen molar-refractivity contribution < 1.29 is 26.7 Å². The molecule has 0 fully saturated rings. The summed E-state index contributed by atoms with van der Waals surface area (Å²) < 4.78 is 60.9. The zero-order valence-electron chi connectivity index (χ0n) is 9.02. The van der Waals surface area contributed by atoms with E-state index in [0.717, 1.165) is 4.90 Å². The van der Waals surface area contributed by atoms with Crippen molar-refractivity contribution in [1.82, 2.24) is 0 Å². The molecular formula is C10H8F5NOS. The molecule has 0 aliphatic carbocycles. The van der Waals surface area contributed by atoms with E-state index >= 15 is 0 Å². The smallest absolute Gasteiger partial charge is 0.321 e. The molecule has 1 amide bonds. The summed E-state index contributed by atoms with van der Waals surface area (Å²) in [5.41, 5.74) is -0.123. The average molecular weight is 285 g/mol. The van der Waals surface area contributed by atoms with E-state index in [2.05, 4.69) is 0 Å². The standard InChI is InChI=1S/C10H8F5NOS/c1-18-7-4-2-6(3-5-7)16-8(17)9(11,12)10(13,14)15/h2-5H,1H3,(H,16,17). The Hall–Kier alpha value is -1.31. The molecule has 100 valence electrons. The van der Waals surface area contributed by atoms with Crippen LogP contribution in [0.4, 0.5) is 27.6 Å². The molecule has 18 heavy (non-hydrogen) atoms. The van der Waals surface area contributed by atoms with E-state index in [1.807, 2.05) is 0 Å². The summed E-state index contributed by atoms with van der Waals surface area (Å²) in [6.45, 7) is 0. The van der Waals surface area contributed by atoms with Crippen molar-refractivity contribution in [2.75, 3.05) is 11.6 Å². The van der Waals surface area contributed by atoms with Gasteiger partial charge in [-0.05, 0) is 30.5 Å². The van der Waals surface area contributed by atoms with Gasteiger partial charge in [0, 0.05) is 10.6 Å². The molecule has 0 atom stereocenters. The number of nitrogens with one attached hydrogen (secondary N) is 1. The third kappa shape index (κ3) is 3.12. The van der Waals surface area contributed by atoms with E-state index in [1.54, 1.807) is 6.26 Å². The zero-order chi connectivity index (χ0) is 14.0. The largest absolute Gasteiger partial charge is 0.463 e. The molecule has 1 rings (SSSR count). The SMILES string of the molecule is CSc1ccc(NC(=O)C(F)(F)C(F)(F)F)cc1. The van der Waals surface area contributed by atoms with Crippen LogP contribution in [0.2, 0.25) is 0 Å². The zero-order valence-corrected chi connectivity index (χ0v) is 9.83. The van der Waals surface area contributed by atoms with Crippen LogP contribution in [0, 0.1) is 0 Å². The number of carbonyl (C=O) groups is 1. The number of amides is 1.